The first-order valence-corrected chi connectivity index (χ1v) is 6.85. The molecule has 0 fully saturated rings. The lowest BCUT2D eigenvalue weighted by molar-refractivity contribution is 0.373. The smallest absolute Gasteiger partial charge is 0.160 e. The van der Waals surface area contributed by atoms with Crippen LogP contribution in [0, 0.1) is 0 Å². The van der Waals surface area contributed by atoms with Crippen LogP contribution in [0.1, 0.15) is 18.1 Å². The summed E-state index contributed by atoms with van der Waals surface area (Å²) in [6.45, 7) is 5.65. The molecule has 0 aliphatic rings. The normalized spacial score (nSPS) is 9.81. The van der Waals surface area contributed by atoms with Gasteiger partial charge < -0.3 is 9.84 Å². The molecule has 0 aliphatic carbocycles. The summed E-state index contributed by atoms with van der Waals surface area (Å²) < 4.78 is 4.95. The quantitative estimate of drug-likeness (QED) is 0.812. The second-order valence-electron chi connectivity index (χ2n) is 4.41. The van der Waals surface area contributed by atoms with Crippen LogP contribution in [0.25, 0.3) is 6.08 Å². The molecule has 2 nitrogen and oxygen atoms in total. The number of benzene rings is 2. The van der Waals surface area contributed by atoms with E-state index in [2.05, 4.69) is 24.8 Å². The minimum atomic E-state index is 0.172. The Morgan fingerprint density at radius 3 is 2.43 bits per heavy atom. The number of aromatic hydroxyl groups is 1. The fourth-order valence-electron chi connectivity index (χ4n) is 1.77. The van der Waals surface area contributed by atoms with E-state index in [0.717, 1.165) is 12.0 Å². The highest BCUT2D eigenvalue weighted by molar-refractivity contribution is 5.48. The van der Waals surface area contributed by atoms with Gasteiger partial charge in [-0.1, -0.05) is 54.6 Å². The third-order valence-electron chi connectivity index (χ3n) is 2.78. The second-order valence-corrected chi connectivity index (χ2v) is 4.41. The maximum Gasteiger partial charge on any atom is 0.160 e. The van der Waals surface area contributed by atoms with Crippen molar-refractivity contribution in [2.45, 2.75) is 13.3 Å². The summed E-state index contributed by atoms with van der Waals surface area (Å²) in [5.41, 5.74) is 2.35. The van der Waals surface area contributed by atoms with Crippen molar-refractivity contribution in [1.82, 2.24) is 0 Å². The zero-order valence-electron chi connectivity index (χ0n) is 12.6. The van der Waals surface area contributed by atoms with Crippen LogP contribution >= 0.6 is 0 Å². The van der Waals surface area contributed by atoms with E-state index in [9.17, 15) is 5.11 Å². The summed E-state index contributed by atoms with van der Waals surface area (Å²) in [6.07, 6.45) is 6.72. The molecule has 0 heterocycles. The number of rotatable bonds is 4. The van der Waals surface area contributed by atoms with Crippen LogP contribution < -0.4 is 4.74 Å². The van der Waals surface area contributed by atoms with Crippen LogP contribution in [0.5, 0.6) is 11.5 Å². The summed E-state index contributed by atoms with van der Waals surface area (Å²) in [7, 11) is 1.53. The molecule has 110 valence electrons. The fourth-order valence-corrected chi connectivity index (χ4v) is 1.77. The number of phenolic OH excluding ortho intramolecular Hbond substituents is 1. The first kappa shape index (κ1) is 16.6. The van der Waals surface area contributed by atoms with Gasteiger partial charge in [0.05, 0.1) is 7.11 Å². The topological polar surface area (TPSA) is 29.5 Å². The third-order valence-corrected chi connectivity index (χ3v) is 2.78. The van der Waals surface area contributed by atoms with Crippen LogP contribution in [-0.4, -0.2) is 12.2 Å². The maximum absolute atomic E-state index is 9.25. The van der Waals surface area contributed by atoms with Crippen molar-refractivity contribution in [2.24, 2.45) is 0 Å². The van der Waals surface area contributed by atoms with E-state index in [1.807, 2.05) is 43.3 Å². The van der Waals surface area contributed by atoms with Gasteiger partial charge in [0.25, 0.3) is 0 Å². The molecule has 0 bridgehead atoms. The van der Waals surface area contributed by atoms with Gasteiger partial charge in [-0.15, -0.1) is 6.58 Å². The molecule has 0 amide bonds. The maximum atomic E-state index is 9.25. The summed E-state index contributed by atoms with van der Waals surface area (Å²) in [6, 6.07) is 15.5. The molecule has 0 radical (unpaired) electrons. The van der Waals surface area contributed by atoms with Crippen molar-refractivity contribution in [3.8, 4) is 11.5 Å². The van der Waals surface area contributed by atoms with E-state index in [1.165, 1.54) is 12.7 Å². The molecule has 2 rings (SSSR count). The Balaban J connectivity index is 0.000000219. The van der Waals surface area contributed by atoms with Crippen LogP contribution in [0.3, 0.4) is 0 Å². The number of ether oxygens (including phenoxy) is 1. The van der Waals surface area contributed by atoms with Gasteiger partial charge in [-0.2, -0.15) is 0 Å². The monoisotopic (exact) mass is 282 g/mol. The highest BCUT2D eigenvalue weighted by atomic mass is 16.5. The van der Waals surface area contributed by atoms with E-state index in [0.29, 0.717) is 5.75 Å². The summed E-state index contributed by atoms with van der Waals surface area (Å²) in [4.78, 5) is 0. The van der Waals surface area contributed by atoms with Crippen molar-refractivity contribution in [1.29, 1.82) is 0 Å². The Morgan fingerprint density at radius 2 is 1.86 bits per heavy atom. The van der Waals surface area contributed by atoms with E-state index in [-0.39, 0.29) is 5.75 Å². The van der Waals surface area contributed by atoms with Gasteiger partial charge >= 0.3 is 0 Å². The van der Waals surface area contributed by atoms with Crippen LogP contribution in [-0.2, 0) is 6.42 Å². The molecular weight excluding hydrogens is 260 g/mol. The average molecular weight is 282 g/mol. The number of methoxy groups -OCH3 is 1. The Morgan fingerprint density at radius 1 is 1.14 bits per heavy atom. The highest BCUT2D eigenvalue weighted by Crippen LogP contribution is 2.26. The van der Waals surface area contributed by atoms with Gasteiger partial charge in [0.1, 0.15) is 0 Å². The van der Waals surface area contributed by atoms with Crippen LogP contribution in [0.4, 0.5) is 0 Å². The van der Waals surface area contributed by atoms with Crippen LogP contribution in [0.15, 0.2) is 67.3 Å². The first-order valence-electron chi connectivity index (χ1n) is 6.85. The lowest BCUT2D eigenvalue weighted by Gasteiger charge is -2.04. The predicted molar refractivity (Wildman–Crippen MR) is 89.7 cm³/mol. The lowest BCUT2D eigenvalue weighted by Crippen LogP contribution is -1.86. The number of phenols is 1. The van der Waals surface area contributed by atoms with Crippen LogP contribution in [0.2, 0.25) is 0 Å². The summed E-state index contributed by atoms with van der Waals surface area (Å²) in [5, 5.41) is 9.25. The molecule has 2 aromatic rings. The van der Waals surface area contributed by atoms with Crippen molar-refractivity contribution >= 4 is 6.08 Å². The SMILES string of the molecule is C/C=C/c1ccccc1.C=CCc1ccc(O)c(OC)c1. The summed E-state index contributed by atoms with van der Waals surface area (Å²) >= 11 is 0. The fraction of sp³-hybridized carbons (Fsp3) is 0.158. The first-order chi connectivity index (χ1) is 10.2. The molecule has 0 atom stereocenters. The lowest BCUT2D eigenvalue weighted by atomic mass is 10.1. The molecule has 0 aromatic heterocycles. The minimum absolute atomic E-state index is 0.172. The van der Waals surface area contributed by atoms with Crippen molar-refractivity contribution in [3.05, 3.63) is 78.4 Å². The molecular formula is C19H22O2. The van der Waals surface area contributed by atoms with E-state index >= 15 is 0 Å². The van der Waals surface area contributed by atoms with Gasteiger partial charge in [0.15, 0.2) is 11.5 Å². The van der Waals surface area contributed by atoms with Crippen molar-refractivity contribution in [2.75, 3.05) is 7.11 Å². The molecule has 0 saturated carbocycles. The molecule has 2 heteroatoms. The molecule has 0 aliphatic heterocycles. The van der Waals surface area contributed by atoms with Gasteiger partial charge in [0, 0.05) is 0 Å². The zero-order valence-corrected chi connectivity index (χ0v) is 12.6. The zero-order chi connectivity index (χ0) is 15.5. The average Bonchev–Trinajstić information content (AvgIpc) is 2.51. The Labute approximate surface area is 127 Å². The molecule has 0 spiro atoms. The molecule has 21 heavy (non-hydrogen) atoms. The van der Waals surface area contributed by atoms with Gasteiger partial charge in [-0.3, -0.25) is 0 Å². The Bertz CT molecular complexity index is 571. The number of hydrogen-bond donors (Lipinski definition) is 1. The van der Waals surface area contributed by atoms with Gasteiger partial charge in [-0.25, -0.2) is 0 Å². The summed E-state index contributed by atoms with van der Waals surface area (Å²) in [5.74, 6) is 0.680. The van der Waals surface area contributed by atoms with Crippen molar-refractivity contribution in [3.63, 3.8) is 0 Å². The van der Waals surface area contributed by atoms with E-state index < -0.39 is 0 Å². The molecule has 2 aromatic carbocycles. The molecule has 1 N–H and O–H groups in total. The number of hydrogen-bond acceptors (Lipinski definition) is 2. The van der Waals surface area contributed by atoms with Gasteiger partial charge in [0.2, 0.25) is 0 Å². The second kappa shape index (κ2) is 9.43. The predicted octanol–water partition coefficient (Wildman–Crippen LogP) is 4.85. The number of allylic oxidation sites excluding steroid dienone is 2. The molecule has 0 unspecified atom stereocenters. The minimum Gasteiger partial charge on any atom is -0.504 e. The van der Waals surface area contributed by atoms with E-state index in [4.69, 9.17) is 4.74 Å². The van der Waals surface area contributed by atoms with E-state index in [1.54, 1.807) is 12.1 Å². The standard InChI is InChI=1S/C10H12O2.C9H10/c1-3-4-8-5-6-9(11)10(7-8)12-2;1-2-6-9-7-4-3-5-8-9/h3,5-7,11H,1,4H2,2H3;2-8H,1H3/b;6-2+. The molecule has 0 saturated heterocycles. The largest absolute Gasteiger partial charge is 0.504 e. The Hall–Kier alpha value is -2.48. The highest BCUT2D eigenvalue weighted by Gasteiger charge is 2.00. The van der Waals surface area contributed by atoms with Gasteiger partial charge in [-0.05, 0) is 36.6 Å². The van der Waals surface area contributed by atoms with Crippen molar-refractivity contribution < 1.29 is 9.84 Å². The third kappa shape index (κ3) is 6.00. The Kier molecular flexibility index (Phi) is 7.44.